The molecule has 0 spiro atoms. The van der Waals surface area contributed by atoms with Gasteiger partial charge >= 0.3 is 0 Å². The Hall–Kier alpha value is -1.69. The van der Waals surface area contributed by atoms with Gasteiger partial charge in [0.1, 0.15) is 5.82 Å². The molecule has 6 heteroatoms. The van der Waals surface area contributed by atoms with Gasteiger partial charge in [-0.2, -0.15) is 5.10 Å². The van der Waals surface area contributed by atoms with Crippen molar-refractivity contribution >= 4 is 17.9 Å². The molecule has 2 rings (SSSR count). The maximum atomic E-state index is 12.7. The SMILES string of the molecule is Cn1c(CNc2ccc(F)cc2)n[nH]c1=S. The van der Waals surface area contributed by atoms with E-state index in [1.807, 2.05) is 7.05 Å². The molecule has 1 aromatic carbocycles. The molecule has 84 valence electrons. The summed E-state index contributed by atoms with van der Waals surface area (Å²) in [4.78, 5) is 0. The van der Waals surface area contributed by atoms with Crippen LogP contribution in [0.2, 0.25) is 0 Å². The highest BCUT2D eigenvalue weighted by Crippen LogP contribution is 2.09. The van der Waals surface area contributed by atoms with Crippen molar-refractivity contribution in [2.75, 3.05) is 5.32 Å². The number of rotatable bonds is 3. The maximum absolute atomic E-state index is 12.7. The zero-order valence-corrected chi connectivity index (χ0v) is 9.51. The summed E-state index contributed by atoms with van der Waals surface area (Å²) >= 11 is 4.99. The zero-order valence-electron chi connectivity index (χ0n) is 8.70. The van der Waals surface area contributed by atoms with E-state index in [0.29, 0.717) is 11.3 Å². The number of aromatic nitrogens is 3. The monoisotopic (exact) mass is 238 g/mol. The molecule has 0 aliphatic rings. The second-order valence-corrected chi connectivity index (χ2v) is 3.75. The van der Waals surface area contributed by atoms with E-state index in [2.05, 4.69) is 15.5 Å². The molecule has 0 atom stereocenters. The molecule has 1 aromatic heterocycles. The number of benzene rings is 1. The van der Waals surface area contributed by atoms with Gasteiger partial charge in [0.05, 0.1) is 6.54 Å². The van der Waals surface area contributed by atoms with Crippen LogP contribution in [0.3, 0.4) is 0 Å². The molecule has 0 fully saturated rings. The third-order valence-corrected chi connectivity index (χ3v) is 2.63. The van der Waals surface area contributed by atoms with E-state index in [-0.39, 0.29) is 5.82 Å². The standard InChI is InChI=1S/C10H11FN4S/c1-15-9(13-14-10(15)16)6-12-8-4-2-7(11)3-5-8/h2-5,12H,6H2,1H3,(H,14,16). The van der Waals surface area contributed by atoms with Crippen molar-refractivity contribution < 1.29 is 4.39 Å². The lowest BCUT2D eigenvalue weighted by atomic mass is 10.3. The van der Waals surface area contributed by atoms with E-state index in [1.165, 1.54) is 12.1 Å². The predicted molar refractivity (Wildman–Crippen MR) is 62.1 cm³/mol. The van der Waals surface area contributed by atoms with Crippen LogP contribution in [-0.2, 0) is 13.6 Å². The van der Waals surface area contributed by atoms with Crippen molar-refractivity contribution in [1.82, 2.24) is 14.8 Å². The second kappa shape index (κ2) is 4.44. The second-order valence-electron chi connectivity index (χ2n) is 3.36. The molecular formula is C10H11FN4S. The van der Waals surface area contributed by atoms with Crippen molar-refractivity contribution in [2.45, 2.75) is 6.54 Å². The number of nitrogens with zero attached hydrogens (tertiary/aromatic N) is 2. The normalized spacial score (nSPS) is 10.4. The molecule has 0 radical (unpaired) electrons. The third-order valence-electron chi connectivity index (χ3n) is 2.27. The molecule has 0 saturated heterocycles. The van der Waals surface area contributed by atoms with E-state index in [4.69, 9.17) is 12.2 Å². The van der Waals surface area contributed by atoms with Gasteiger partial charge in [0.25, 0.3) is 0 Å². The average molecular weight is 238 g/mol. The van der Waals surface area contributed by atoms with Crippen LogP contribution in [0, 0.1) is 10.6 Å². The van der Waals surface area contributed by atoms with Gasteiger partial charge in [-0.1, -0.05) is 0 Å². The van der Waals surface area contributed by atoms with Crippen LogP contribution in [0.5, 0.6) is 0 Å². The van der Waals surface area contributed by atoms with Gasteiger partial charge < -0.3 is 9.88 Å². The van der Waals surface area contributed by atoms with Gasteiger partial charge in [-0.25, -0.2) is 4.39 Å². The van der Waals surface area contributed by atoms with E-state index in [0.717, 1.165) is 11.5 Å². The van der Waals surface area contributed by atoms with Crippen LogP contribution in [-0.4, -0.2) is 14.8 Å². The van der Waals surface area contributed by atoms with E-state index in [1.54, 1.807) is 16.7 Å². The maximum Gasteiger partial charge on any atom is 0.194 e. The molecule has 16 heavy (non-hydrogen) atoms. The average Bonchev–Trinajstić information content (AvgIpc) is 2.60. The third kappa shape index (κ3) is 2.27. The number of anilines is 1. The Balaban J connectivity index is 2.05. The summed E-state index contributed by atoms with van der Waals surface area (Å²) in [6.45, 7) is 0.537. The molecule has 2 N–H and O–H groups in total. The van der Waals surface area contributed by atoms with Crippen molar-refractivity contribution in [2.24, 2.45) is 7.05 Å². The van der Waals surface area contributed by atoms with Crippen molar-refractivity contribution in [3.63, 3.8) is 0 Å². The molecular weight excluding hydrogens is 227 g/mol. The van der Waals surface area contributed by atoms with Crippen LogP contribution >= 0.6 is 12.2 Å². The first-order valence-electron chi connectivity index (χ1n) is 4.76. The first-order chi connectivity index (χ1) is 7.66. The Morgan fingerprint density at radius 1 is 1.44 bits per heavy atom. The number of nitrogens with one attached hydrogen (secondary N) is 2. The topological polar surface area (TPSA) is 45.6 Å². The Bertz CT molecular complexity index is 528. The summed E-state index contributed by atoms with van der Waals surface area (Å²) < 4.78 is 15.0. The molecule has 0 amide bonds. The van der Waals surface area contributed by atoms with E-state index >= 15 is 0 Å². The first-order valence-corrected chi connectivity index (χ1v) is 5.17. The molecule has 0 saturated carbocycles. The summed E-state index contributed by atoms with van der Waals surface area (Å²) in [5.74, 6) is 0.554. The van der Waals surface area contributed by atoms with Gasteiger partial charge in [0, 0.05) is 12.7 Å². The van der Waals surface area contributed by atoms with E-state index in [9.17, 15) is 4.39 Å². The highest BCUT2D eigenvalue weighted by atomic mass is 32.1. The highest BCUT2D eigenvalue weighted by molar-refractivity contribution is 7.71. The van der Waals surface area contributed by atoms with Crippen LogP contribution in [0.25, 0.3) is 0 Å². The fourth-order valence-electron chi connectivity index (χ4n) is 1.29. The molecule has 1 heterocycles. The molecule has 0 unspecified atom stereocenters. The number of hydrogen-bond donors (Lipinski definition) is 2. The molecule has 0 aliphatic heterocycles. The van der Waals surface area contributed by atoms with Gasteiger partial charge in [-0.3, -0.25) is 5.10 Å². The van der Waals surface area contributed by atoms with Crippen LogP contribution < -0.4 is 5.32 Å². The van der Waals surface area contributed by atoms with Crippen LogP contribution in [0.15, 0.2) is 24.3 Å². The number of aromatic amines is 1. The molecule has 0 bridgehead atoms. The highest BCUT2D eigenvalue weighted by Gasteiger charge is 2.01. The minimum absolute atomic E-state index is 0.247. The zero-order chi connectivity index (χ0) is 11.5. The summed E-state index contributed by atoms with van der Waals surface area (Å²) in [6, 6.07) is 6.17. The lowest BCUT2D eigenvalue weighted by molar-refractivity contribution is 0.628. The number of hydrogen-bond acceptors (Lipinski definition) is 3. The first kappa shape index (κ1) is 10.8. The number of H-pyrrole nitrogens is 1. The van der Waals surface area contributed by atoms with Crippen molar-refractivity contribution in [3.8, 4) is 0 Å². The fourth-order valence-corrected chi connectivity index (χ4v) is 1.44. The lowest BCUT2D eigenvalue weighted by Crippen LogP contribution is -2.05. The fraction of sp³-hybridized carbons (Fsp3) is 0.200. The summed E-state index contributed by atoms with van der Waals surface area (Å²) in [6.07, 6.45) is 0. The predicted octanol–water partition coefficient (Wildman–Crippen LogP) is 2.23. The summed E-state index contributed by atoms with van der Waals surface area (Å²) in [5, 5.41) is 9.88. The van der Waals surface area contributed by atoms with Crippen LogP contribution in [0.1, 0.15) is 5.82 Å². The summed E-state index contributed by atoms with van der Waals surface area (Å²) in [7, 11) is 1.84. The Labute approximate surface area is 97.1 Å². The van der Waals surface area contributed by atoms with Gasteiger partial charge in [-0.05, 0) is 36.5 Å². The largest absolute Gasteiger partial charge is 0.378 e. The molecule has 2 aromatic rings. The minimum atomic E-state index is -0.247. The Morgan fingerprint density at radius 2 is 2.12 bits per heavy atom. The quantitative estimate of drug-likeness (QED) is 0.806. The molecule has 0 aliphatic carbocycles. The lowest BCUT2D eigenvalue weighted by Gasteiger charge is -2.05. The van der Waals surface area contributed by atoms with Gasteiger partial charge in [0.2, 0.25) is 0 Å². The van der Waals surface area contributed by atoms with Crippen molar-refractivity contribution in [3.05, 3.63) is 40.7 Å². The number of halogens is 1. The van der Waals surface area contributed by atoms with E-state index < -0.39 is 0 Å². The van der Waals surface area contributed by atoms with Crippen molar-refractivity contribution in [1.29, 1.82) is 0 Å². The Morgan fingerprint density at radius 3 is 2.69 bits per heavy atom. The van der Waals surface area contributed by atoms with Gasteiger partial charge in [-0.15, -0.1) is 0 Å². The van der Waals surface area contributed by atoms with Crippen LogP contribution in [0.4, 0.5) is 10.1 Å². The minimum Gasteiger partial charge on any atom is -0.378 e. The molecule has 4 nitrogen and oxygen atoms in total. The summed E-state index contributed by atoms with van der Waals surface area (Å²) in [5.41, 5.74) is 0.843. The van der Waals surface area contributed by atoms with Gasteiger partial charge in [0.15, 0.2) is 10.6 Å². The Kier molecular flexibility index (Phi) is 3.00. The smallest absolute Gasteiger partial charge is 0.194 e.